The topological polar surface area (TPSA) is 78.7 Å². The number of carbonyl (C=O) groups excluding carboxylic acids is 1. The van der Waals surface area contributed by atoms with E-state index in [2.05, 4.69) is 20.7 Å². The summed E-state index contributed by atoms with van der Waals surface area (Å²) in [5, 5.41) is 10.6. The van der Waals surface area contributed by atoms with Crippen molar-refractivity contribution in [2.24, 2.45) is 0 Å². The van der Waals surface area contributed by atoms with Crippen molar-refractivity contribution in [3.63, 3.8) is 0 Å². The van der Waals surface area contributed by atoms with E-state index in [4.69, 9.17) is 4.74 Å². The summed E-state index contributed by atoms with van der Waals surface area (Å²) in [6, 6.07) is 4.01. The Morgan fingerprint density at radius 3 is 2.59 bits per heavy atom. The van der Waals surface area contributed by atoms with Crippen LogP contribution in [-0.2, 0) is 9.53 Å². The minimum absolute atomic E-state index is 0.117. The molecule has 0 saturated carbocycles. The second kappa shape index (κ2) is 5.62. The molecule has 7 heteroatoms. The Balaban J connectivity index is 3.22. The highest BCUT2D eigenvalue weighted by Crippen LogP contribution is 2.34. The SMILES string of the molecule is COC(=O)C(Br)c1cc([N+](=O)[O-])ccc1OC. The Morgan fingerprint density at radius 1 is 1.47 bits per heavy atom. The molecule has 0 aliphatic rings. The molecule has 0 saturated heterocycles. The number of alkyl halides is 1. The molecule has 1 rings (SSSR count). The molecule has 1 aromatic rings. The standard InChI is InChI=1S/C10H10BrNO5/c1-16-8-4-3-6(12(14)15)5-7(8)9(11)10(13)17-2/h3-5,9H,1-2H3. The third kappa shape index (κ3) is 2.94. The molecule has 0 aliphatic heterocycles. The third-order valence-corrected chi connectivity index (χ3v) is 2.97. The maximum Gasteiger partial charge on any atom is 0.324 e. The predicted molar refractivity (Wildman–Crippen MR) is 63.3 cm³/mol. The Bertz CT molecular complexity index is 448. The highest BCUT2D eigenvalue weighted by molar-refractivity contribution is 9.09. The number of nitro benzene ring substituents is 1. The Hall–Kier alpha value is -1.63. The summed E-state index contributed by atoms with van der Waals surface area (Å²) in [6.07, 6.45) is 0. The zero-order valence-electron chi connectivity index (χ0n) is 9.18. The van der Waals surface area contributed by atoms with Crippen LogP contribution in [0.4, 0.5) is 5.69 Å². The molecule has 0 amide bonds. The Kier molecular flexibility index (Phi) is 4.45. The molecule has 1 aromatic carbocycles. The second-order valence-electron chi connectivity index (χ2n) is 3.07. The van der Waals surface area contributed by atoms with Gasteiger partial charge in [-0.05, 0) is 6.07 Å². The highest BCUT2D eigenvalue weighted by atomic mass is 79.9. The number of benzene rings is 1. The average molecular weight is 304 g/mol. The third-order valence-electron chi connectivity index (χ3n) is 2.11. The summed E-state index contributed by atoms with van der Waals surface area (Å²) >= 11 is 3.11. The van der Waals surface area contributed by atoms with Crippen molar-refractivity contribution in [1.29, 1.82) is 0 Å². The van der Waals surface area contributed by atoms with Gasteiger partial charge in [-0.3, -0.25) is 14.9 Å². The molecule has 6 nitrogen and oxygen atoms in total. The predicted octanol–water partition coefficient (Wildman–Crippen LogP) is 2.21. The van der Waals surface area contributed by atoms with Crippen molar-refractivity contribution in [2.75, 3.05) is 14.2 Å². The summed E-state index contributed by atoms with van der Waals surface area (Å²) in [5.41, 5.74) is 0.239. The van der Waals surface area contributed by atoms with Crippen LogP contribution in [0.2, 0.25) is 0 Å². The number of halogens is 1. The number of non-ortho nitro benzene ring substituents is 1. The number of carbonyl (C=O) groups is 1. The van der Waals surface area contributed by atoms with E-state index in [1.807, 2.05) is 0 Å². The van der Waals surface area contributed by atoms with Gasteiger partial charge in [-0.2, -0.15) is 0 Å². The van der Waals surface area contributed by atoms with Crippen molar-refractivity contribution < 1.29 is 19.2 Å². The molecular formula is C10H10BrNO5. The lowest BCUT2D eigenvalue weighted by atomic mass is 10.1. The van der Waals surface area contributed by atoms with Crippen LogP contribution in [0.25, 0.3) is 0 Å². The van der Waals surface area contributed by atoms with Gasteiger partial charge in [0.15, 0.2) is 0 Å². The summed E-state index contributed by atoms with van der Waals surface area (Å²) in [4.78, 5) is 20.7. The summed E-state index contributed by atoms with van der Waals surface area (Å²) < 4.78 is 9.59. The number of nitrogens with zero attached hydrogens (tertiary/aromatic N) is 1. The van der Waals surface area contributed by atoms with Gasteiger partial charge in [-0.25, -0.2) is 0 Å². The van der Waals surface area contributed by atoms with Gasteiger partial charge in [0.25, 0.3) is 5.69 Å². The zero-order chi connectivity index (χ0) is 13.0. The highest BCUT2D eigenvalue weighted by Gasteiger charge is 2.24. The molecule has 0 fully saturated rings. The van der Waals surface area contributed by atoms with E-state index in [0.717, 1.165) is 0 Å². The lowest BCUT2D eigenvalue weighted by Gasteiger charge is -2.12. The number of hydrogen-bond acceptors (Lipinski definition) is 5. The van der Waals surface area contributed by atoms with E-state index in [0.29, 0.717) is 11.3 Å². The van der Waals surface area contributed by atoms with Gasteiger partial charge in [-0.15, -0.1) is 0 Å². The molecule has 0 bridgehead atoms. The molecule has 0 radical (unpaired) electrons. The Morgan fingerprint density at radius 2 is 2.12 bits per heavy atom. The number of ether oxygens (including phenoxy) is 2. The van der Waals surface area contributed by atoms with Gasteiger partial charge < -0.3 is 9.47 Å². The van der Waals surface area contributed by atoms with E-state index in [-0.39, 0.29) is 5.69 Å². The maximum absolute atomic E-state index is 11.4. The first-order valence-electron chi connectivity index (χ1n) is 4.55. The lowest BCUT2D eigenvalue weighted by molar-refractivity contribution is -0.384. The fraction of sp³-hybridized carbons (Fsp3) is 0.300. The molecule has 0 aliphatic carbocycles. The van der Waals surface area contributed by atoms with Crippen LogP contribution in [0.3, 0.4) is 0 Å². The molecule has 0 heterocycles. The van der Waals surface area contributed by atoms with Gasteiger partial charge in [0.2, 0.25) is 0 Å². The minimum atomic E-state index is -0.803. The van der Waals surface area contributed by atoms with Crippen LogP contribution >= 0.6 is 15.9 Å². The second-order valence-corrected chi connectivity index (χ2v) is 3.98. The fourth-order valence-electron chi connectivity index (χ4n) is 1.26. The first-order chi connectivity index (χ1) is 8.01. The van der Waals surface area contributed by atoms with Gasteiger partial charge in [-0.1, -0.05) is 15.9 Å². The van der Waals surface area contributed by atoms with Crippen LogP contribution in [0.15, 0.2) is 18.2 Å². The van der Waals surface area contributed by atoms with Crippen LogP contribution in [0.1, 0.15) is 10.4 Å². The molecule has 0 aromatic heterocycles. The van der Waals surface area contributed by atoms with Crippen molar-refractivity contribution in [3.8, 4) is 5.75 Å². The molecule has 92 valence electrons. The van der Waals surface area contributed by atoms with E-state index in [1.54, 1.807) is 0 Å². The van der Waals surface area contributed by atoms with Crippen molar-refractivity contribution in [1.82, 2.24) is 0 Å². The number of methoxy groups -OCH3 is 2. The van der Waals surface area contributed by atoms with Gasteiger partial charge in [0.05, 0.1) is 19.1 Å². The molecule has 1 atom stereocenters. The van der Waals surface area contributed by atoms with E-state index in [1.165, 1.54) is 32.4 Å². The summed E-state index contributed by atoms with van der Waals surface area (Å²) in [5.74, 6) is -0.174. The molecule has 17 heavy (non-hydrogen) atoms. The lowest BCUT2D eigenvalue weighted by Crippen LogP contribution is -2.09. The van der Waals surface area contributed by atoms with Gasteiger partial charge in [0, 0.05) is 17.7 Å². The monoisotopic (exact) mass is 303 g/mol. The average Bonchev–Trinajstić information content (AvgIpc) is 2.35. The smallest absolute Gasteiger partial charge is 0.324 e. The fourth-order valence-corrected chi connectivity index (χ4v) is 1.81. The van der Waals surface area contributed by atoms with Crippen LogP contribution in [0.5, 0.6) is 5.75 Å². The van der Waals surface area contributed by atoms with E-state index >= 15 is 0 Å². The Labute approximate surface area is 106 Å². The first-order valence-corrected chi connectivity index (χ1v) is 5.47. The zero-order valence-corrected chi connectivity index (χ0v) is 10.8. The van der Waals surface area contributed by atoms with Crippen LogP contribution < -0.4 is 4.74 Å². The van der Waals surface area contributed by atoms with E-state index in [9.17, 15) is 14.9 Å². The number of esters is 1. The molecule has 1 unspecified atom stereocenters. The normalized spacial score (nSPS) is 11.7. The maximum atomic E-state index is 11.4. The van der Waals surface area contributed by atoms with Crippen LogP contribution in [-0.4, -0.2) is 25.1 Å². The molecular weight excluding hydrogens is 294 g/mol. The minimum Gasteiger partial charge on any atom is -0.496 e. The largest absolute Gasteiger partial charge is 0.496 e. The number of rotatable bonds is 4. The number of hydrogen-bond donors (Lipinski definition) is 0. The quantitative estimate of drug-likeness (QED) is 0.369. The van der Waals surface area contributed by atoms with Crippen molar-refractivity contribution >= 4 is 27.6 Å². The summed E-state index contributed by atoms with van der Waals surface area (Å²) in [6.45, 7) is 0. The van der Waals surface area contributed by atoms with E-state index < -0.39 is 15.7 Å². The first kappa shape index (κ1) is 13.4. The van der Waals surface area contributed by atoms with Gasteiger partial charge in [0.1, 0.15) is 10.6 Å². The summed E-state index contributed by atoms with van der Waals surface area (Å²) in [7, 11) is 2.65. The van der Waals surface area contributed by atoms with Crippen molar-refractivity contribution in [3.05, 3.63) is 33.9 Å². The number of nitro groups is 1. The van der Waals surface area contributed by atoms with Gasteiger partial charge >= 0.3 is 5.97 Å². The van der Waals surface area contributed by atoms with Crippen molar-refractivity contribution in [2.45, 2.75) is 4.83 Å². The van der Waals surface area contributed by atoms with Crippen LogP contribution in [0, 0.1) is 10.1 Å². The molecule has 0 N–H and O–H groups in total. The molecule has 0 spiro atoms.